The van der Waals surface area contributed by atoms with Gasteiger partial charge in [0.1, 0.15) is 0 Å². The van der Waals surface area contributed by atoms with E-state index in [1.54, 1.807) is 0 Å². The summed E-state index contributed by atoms with van der Waals surface area (Å²) >= 11 is 0. The number of carbonyl (C=O) groups is 1. The van der Waals surface area contributed by atoms with E-state index in [0.29, 0.717) is 12.3 Å². The number of carbonyl (C=O) groups excluding carboxylic acids is 1. The summed E-state index contributed by atoms with van der Waals surface area (Å²) in [5.41, 5.74) is 6.00. The largest absolute Gasteiger partial charge is 0.311 e. The summed E-state index contributed by atoms with van der Waals surface area (Å²) < 4.78 is 0. The van der Waals surface area contributed by atoms with Crippen LogP contribution in [0, 0.1) is 13.8 Å². The second-order valence-corrected chi connectivity index (χ2v) is 6.09. The Balaban J connectivity index is 1.91. The second-order valence-electron chi connectivity index (χ2n) is 6.09. The van der Waals surface area contributed by atoms with Crippen LogP contribution in [0.25, 0.3) is 0 Å². The van der Waals surface area contributed by atoms with Gasteiger partial charge < -0.3 is 4.90 Å². The van der Waals surface area contributed by atoms with Gasteiger partial charge in [-0.05, 0) is 30.5 Å². The predicted molar refractivity (Wildman–Crippen MR) is 86.8 cm³/mol. The van der Waals surface area contributed by atoms with Crippen LogP contribution < -0.4 is 4.90 Å². The number of hydrogen-bond donors (Lipinski definition) is 0. The SMILES string of the molecule is Cc1cc(C)c2c(c1)[C@@H](C)CN2C(=O)Cc1ccccc1. The third-order valence-corrected chi connectivity index (χ3v) is 4.23. The van der Waals surface area contributed by atoms with E-state index in [9.17, 15) is 4.79 Å². The molecule has 0 unspecified atom stereocenters. The fourth-order valence-electron chi connectivity index (χ4n) is 3.29. The summed E-state index contributed by atoms with van der Waals surface area (Å²) in [5.74, 6) is 0.608. The molecule has 2 aromatic rings. The van der Waals surface area contributed by atoms with E-state index in [4.69, 9.17) is 0 Å². The van der Waals surface area contributed by atoms with Crippen LogP contribution in [0.15, 0.2) is 42.5 Å². The highest BCUT2D eigenvalue weighted by molar-refractivity contribution is 5.98. The molecule has 0 radical (unpaired) electrons. The van der Waals surface area contributed by atoms with Crippen LogP contribution in [0.4, 0.5) is 5.69 Å². The molecule has 0 spiro atoms. The highest BCUT2D eigenvalue weighted by atomic mass is 16.2. The number of aryl methyl sites for hydroxylation is 2. The Morgan fingerprint density at radius 3 is 2.62 bits per heavy atom. The minimum Gasteiger partial charge on any atom is -0.311 e. The van der Waals surface area contributed by atoms with Crippen LogP contribution >= 0.6 is 0 Å². The normalized spacial score (nSPS) is 16.9. The molecule has 21 heavy (non-hydrogen) atoms. The molecule has 1 amide bonds. The van der Waals surface area contributed by atoms with Crippen molar-refractivity contribution >= 4 is 11.6 Å². The van der Waals surface area contributed by atoms with E-state index in [-0.39, 0.29) is 5.91 Å². The summed E-state index contributed by atoms with van der Waals surface area (Å²) in [6.07, 6.45) is 0.473. The van der Waals surface area contributed by atoms with E-state index >= 15 is 0 Å². The molecule has 0 aliphatic carbocycles. The summed E-state index contributed by atoms with van der Waals surface area (Å²) in [4.78, 5) is 14.7. The van der Waals surface area contributed by atoms with Gasteiger partial charge in [0.2, 0.25) is 5.91 Å². The van der Waals surface area contributed by atoms with Crippen molar-refractivity contribution in [3.05, 3.63) is 64.7 Å². The van der Waals surface area contributed by atoms with Gasteiger partial charge in [0.05, 0.1) is 12.1 Å². The van der Waals surface area contributed by atoms with E-state index in [1.807, 2.05) is 35.2 Å². The lowest BCUT2D eigenvalue weighted by molar-refractivity contribution is -0.117. The lowest BCUT2D eigenvalue weighted by Gasteiger charge is -2.20. The number of rotatable bonds is 2. The zero-order valence-corrected chi connectivity index (χ0v) is 12.9. The number of benzene rings is 2. The van der Waals surface area contributed by atoms with Crippen LogP contribution in [0.1, 0.15) is 35.1 Å². The molecule has 1 atom stereocenters. The molecular weight excluding hydrogens is 258 g/mol. The molecule has 0 bridgehead atoms. The molecule has 3 rings (SSSR count). The molecule has 0 saturated carbocycles. The summed E-state index contributed by atoms with van der Waals surface area (Å²) in [6, 6.07) is 14.4. The highest BCUT2D eigenvalue weighted by Crippen LogP contribution is 2.39. The smallest absolute Gasteiger partial charge is 0.231 e. The van der Waals surface area contributed by atoms with Crippen molar-refractivity contribution in [1.29, 1.82) is 0 Å². The Morgan fingerprint density at radius 2 is 1.90 bits per heavy atom. The Bertz CT molecular complexity index is 675. The third kappa shape index (κ3) is 2.58. The molecule has 108 valence electrons. The summed E-state index contributed by atoms with van der Waals surface area (Å²) in [5, 5.41) is 0. The van der Waals surface area contributed by atoms with Gasteiger partial charge in [0.15, 0.2) is 0 Å². The molecule has 2 nitrogen and oxygen atoms in total. The lowest BCUT2D eigenvalue weighted by atomic mass is 9.98. The number of nitrogens with zero attached hydrogens (tertiary/aromatic N) is 1. The van der Waals surface area contributed by atoms with Crippen LogP contribution in [0.2, 0.25) is 0 Å². The van der Waals surface area contributed by atoms with E-state index in [1.165, 1.54) is 16.7 Å². The standard InChI is InChI=1S/C19H21NO/c1-13-9-14(2)19-17(10-13)15(3)12-20(19)18(21)11-16-7-5-4-6-8-16/h4-10,15H,11-12H2,1-3H3/t15-/m0/s1. The van der Waals surface area contributed by atoms with Gasteiger partial charge >= 0.3 is 0 Å². The third-order valence-electron chi connectivity index (χ3n) is 4.23. The van der Waals surface area contributed by atoms with Gasteiger partial charge in [-0.3, -0.25) is 4.79 Å². The first-order valence-electron chi connectivity index (χ1n) is 7.51. The van der Waals surface area contributed by atoms with Gasteiger partial charge in [-0.15, -0.1) is 0 Å². The Hall–Kier alpha value is -2.09. The fourth-order valence-corrected chi connectivity index (χ4v) is 3.29. The molecule has 2 aromatic carbocycles. The quantitative estimate of drug-likeness (QED) is 0.813. The molecular formula is C19H21NO. The summed E-state index contributed by atoms with van der Waals surface area (Å²) in [6.45, 7) is 7.22. The number of amides is 1. The maximum absolute atomic E-state index is 12.7. The van der Waals surface area contributed by atoms with Gasteiger partial charge in [-0.2, -0.15) is 0 Å². The van der Waals surface area contributed by atoms with Crippen molar-refractivity contribution in [1.82, 2.24) is 0 Å². The second kappa shape index (κ2) is 5.36. The van der Waals surface area contributed by atoms with E-state index < -0.39 is 0 Å². The van der Waals surface area contributed by atoms with Crippen LogP contribution in [0.5, 0.6) is 0 Å². The van der Waals surface area contributed by atoms with Crippen LogP contribution in [-0.2, 0) is 11.2 Å². The van der Waals surface area contributed by atoms with Crippen molar-refractivity contribution in [2.24, 2.45) is 0 Å². The maximum atomic E-state index is 12.7. The Morgan fingerprint density at radius 1 is 1.19 bits per heavy atom. The van der Waals surface area contributed by atoms with Crippen molar-refractivity contribution in [2.75, 3.05) is 11.4 Å². The van der Waals surface area contributed by atoms with E-state index in [2.05, 4.69) is 32.9 Å². The van der Waals surface area contributed by atoms with Crippen molar-refractivity contribution in [3.63, 3.8) is 0 Å². The fraction of sp³-hybridized carbons (Fsp3) is 0.316. The van der Waals surface area contributed by atoms with Gasteiger partial charge in [0.25, 0.3) is 0 Å². The average Bonchev–Trinajstić information content (AvgIpc) is 2.78. The molecule has 0 aromatic heterocycles. The first-order chi connectivity index (χ1) is 10.1. The number of hydrogen-bond acceptors (Lipinski definition) is 1. The number of anilines is 1. The number of fused-ring (bicyclic) bond motifs is 1. The van der Waals surface area contributed by atoms with Crippen molar-refractivity contribution < 1.29 is 4.79 Å². The molecule has 2 heteroatoms. The average molecular weight is 279 g/mol. The van der Waals surface area contributed by atoms with Crippen molar-refractivity contribution in [2.45, 2.75) is 33.1 Å². The maximum Gasteiger partial charge on any atom is 0.231 e. The topological polar surface area (TPSA) is 20.3 Å². The zero-order chi connectivity index (χ0) is 15.0. The highest BCUT2D eigenvalue weighted by Gasteiger charge is 2.31. The monoisotopic (exact) mass is 279 g/mol. The van der Waals surface area contributed by atoms with Gasteiger partial charge in [-0.1, -0.05) is 55.0 Å². The van der Waals surface area contributed by atoms with Gasteiger partial charge in [-0.25, -0.2) is 0 Å². The molecule has 0 saturated heterocycles. The molecule has 0 N–H and O–H groups in total. The van der Waals surface area contributed by atoms with Crippen LogP contribution in [0.3, 0.4) is 0 Å². The van der Waals surface area contributed by atoms with Crippen LogP contribution in [-0.4, -0.2) is 12.5 Å². The molecule has 0 fully saturated rings. The minimum absolute atomic E-state index is 0.193. The molecule has 1 aliphatic heterocycles. The predicted octanol–water partition coefficient (Wildman–Crippen LogP) is 4.00. The zero-order valence-electron chi connectivity index (χ0n) is 12.9. The Labute approximate surface area is 126 Å². The van der Waals surface area contributed by atoms with E-state index in [0.717, 1.165) is 17.8 Å². The first-order valence-corrected chi connectivity index (χ1v) is 7.51. The summed E-state index contributed by atoms with van der Waals surface area (Å²) in [7, 11) is 0. The molecule has 1 aliphatic rings. The Kier molecular flexibility index (Phi) is 3.54. The molecule has 1 heterocycles. The van der Waals surface area contributed by atoms with Gasteiger partial charge in [0, 0.05) is 12.5 Å². The lowest BCUT2D eigenvalue weighted by Crippen LogP contribution is -2.31. The minimum atomic E-state index is 0.193. The first kappa shape index (κ1) is 13.9. The van der Waals surface area contributed by atoms with Crippen molar-refractivity contribution in [3.8, 4) is 0 Å².